The first-order valence-corrected chi connectivity index (χ1v) is 9.90. The van der Waals surface area contributed by atoms with E-state index in [-0.39, 0.29) is 5.60 Å². The molecular weight excluding hydrogens is 288 g/mol. The lowest BCUT2D eigenvalue weighted by atomic mass is 9.73. The van der Waals surface area contributed by atoms with Gasteiger partial charge in [-0.25, -0.2) is 0 Å². The Morgan fingerprint density at radius 1 is 0.957 bits per heavy atom. The van der Waals surface area contributed by atoms with Crippen molar-refractivity contribution >= 4 is 0 Å². The van der Waals surface area contributed by atoms with Crippen molar-refractivity contribution < 1.29 is 14.2 Å². The van der Waals surface area contributed by atoms with Gasteiger partial charge in [-0.1, -0.05) is 47.0 Å². The molecular formula is C20H40O3. The summed E-state index contributed by atoms with van der Waals surface area (Å²) in [6, 6.07) is 0. The van der Waals surface area contributed by atoms with Crippen LogP contribution in [0.25, 0.3) is 0 Å². The highest BCUT2D eigenvalue weighted by atomic mass is 16.5. The standard InChI is InChI=1S/C20H40O3/c1-5-6-12-21-13-8-14-22-15-9-16-23-20(18(2)3)11-7-10-19(4)17-20/h18-19H,5-17H2,1-4H3. The van der Waals surface area contributed by atoms with E-state index in [4.69, 9.17) is 14.2 Å². The van der Waals surface area contributed by atoms with E-state index >= 15 is 0 Å². The van der Waals surface area contributed by atoms with Gasteiger partial charge in [0.25, 0.3) is 0 Å². The monoisotopic (exact) mass is 328 g/mol. The van der Waals surface area contributed by atoms with E-state index in [1.165, 1.54) is 32.1 Å². The van der Waals surface area contributed by atoms with Gasteiger partial charge < -0.3 is 14.2 Å². The highest BCUT2D eigenvalue weighted by molar-refractivity contribution is 4.89. The molecule has 1 aliphatic carbocycles. The largest absolute Gasteiger partial charge is 0.381 e. The molecule has 138 valence electrons. The summed E-state index contributed by atoms with van der Waals surface area (Å²) in [7, 11) is 0. The zero-order valence-electron chi connectivity index (χ0n) is 16.1. The number of ether oxygens (including phenoxy) is 3. The molecule has 0 aliphatic heterocycles. The molecule has 2 atom stereocenters. The SMILES string of the molecule is CCCCOCCCOCCCOC1(C(C)C)CCCC(C)C1. The normalized spacial score (nSPS) is 25.2. The summed E-state index contributed by atoms with van der Waals surface area (Å²) in [5, 5.41) is 0. The number of rotatable bonds is 13. The predicted octanol–water partition coefficient (Wildman–Crippen LogP) is 5.22. The Morgan fingerprint density at radius 2 is 1.57 bits per heavy atom. The molecule has 0 N–H and O–H groups in total. The van der Waals surface area contributed by atoms with E-state index in [2.05, 4.69) is 27.7 Å². The van der Waals surface area contributed by atoms with E-state index < -0.39 is 0 Å². The highest BCUT2D eigenvalue weighted by Crippen LogP contribution is 2.40. The van der Waals surface area contributed by atoms with Gasteiger partial charge >= 0.3 is 0 Å². The zero-order chi connectivity index (χ0) is 17.0. The van der Waals surface area contributed by atoms with E-state index in [9.17, 15) is 0 Å². The van der Waals surface area contributed by atoms with Gasteiger partial charge in [-0.2, -0.15) is 0 Å². The van der Waals surface area contributed by atoms with Crippen molar-refractivity contribution in [2.24, 2.45) is 11.8 Å². The lowest BCUT2D eigenvalue weighted by Gasteiger charge is -2.43. The molecule has 1 fully saturated rings. The first-order valence-electron chi connectivity index (χ1n) is 9.90. The second-order valence-electron chi connectivity index (χ2n) is 7.55. The first-order chi connectivity index (χ1) is 11.1. The van der Waals surface area contributed by atoms with Crippen LogP contribution in [0.1, 0.15) is 79.1 Å². The van der Waals surface area contributed by atoms with Crippen molar-refractivity contribution in [3.63, 3.8) is 0 Å². The van der Waals surface area contributed by atoms with Gasteiger partial charge in [0.15, 0.2) is 0 Å². The fourth-order valence-corrected chi connectivity index (χ4v) is 3.52. The van der Waals surface area contributed by atoms with Crippen LogP contribution in [0, 0.1) is 11.8 Å². The first kappa shape index (κ1) is 20.9. The van der Waals surface area contributed by atoms with Gasteiger partial charge in [0, 0.05) is 33.0 Å². The Morgan fingerprint density at radius 3 is 2.13 bits per heavy atom. The van der Waals surface area contributed by atoms with Crippen molar-refractivity contribution in [2.45, 2.75) is 84.7 Å². The summed E-state index contributed by atoms with van der Waals surface area (Å²) >= 11 is 0. The average Bonchev–Trinajstić information content (AvgIpc) is 2.52. The lowest BCUT2D eigenvalue weighted by Crippen LogP contribution is -2.43. The Labute approximate surface area is 144 Å². The van der Waals surface area contributed by atoms with Crippen LogP contribution in [0.15, 0.2) is 0 Å². The van der Waals surface area contributed by atoms with E-state index in [1.54, 1.807) is 0 Å². The van der Waals surface area contributed by atoms with Gasteiger partial charge in [-0.15, -0.1) is 0 Å². The van der Waals surface area contributed by atoms with Crippen molar-refractivity contribution in [1.82, 2.24) is 0 Å². The van der Waals surface area contributed by atoms with Crippen LogP contribution in [0.4, 0.5) is 0 Å². The molecule has 23 heavy (non-hydrogen) atoms. The summed E-state index contributed by atoms with van der Waals surface area (Å²) in [6.07, 6.45) is 9.49. The highest BCUT2D eigenvalue weighted by Gasteiger charge is 2.38. The summed E-state index contributed by atoms with van der Waals surface area (Å²) < 4.78 is 17.6. The van der Waals surface area contributed by atoms with E-state index in [0.29, 0.717) is 5.92 Å². The Balaban J connectivity index is 2.02. The fourth-order valence-electron chi connectivity index (χ4n) is 3.52. The molecule has 0 amide bonds. The minimum atomic E-state index is 0.116. The molecule has 3 heteroatoms. The molecule has 0 bridgehead atoms. The van der Waals surface area contributed by atoms with E-state index in [0.717, 1.165) is 58.2 Å². The molecule has 0 aromatic heterocycles. The fraction of sp³-hybridized carbons (Fsp3) is 1.00. The van der Waals surface area contributed by atoms with E-state index in [1.807, 2.05) is 0 Å². The summed E-state index contributed by atoms with van der Waals surface area (Å²) in [6.45, 7) is 13.3. The zero-order valence-corrected chi connectivity index (χ0v) is 16.1. The predicted molar refractivity (Wildman–Crippen MR) is 96.9 cm³/mol. The topological polar surface area (TPSA) is 27.7 Å². The maximum Gasteiger partial charge on any atom is 0.0707 e. The number of hydrogen-bond acceptors (Lipinski definition) is 3. The van der Waals surface area contributed by atoms with Crippen molar-refractivity contribution in [1.29, 1.82) is 0 Å². The van der Waals surface area contributed by atoms with Crippen LogP contribution in [0.3, 0.4) is 0 Å². The Hall–Kier alpha value is -0.120. The number of unbranched alkanes of at least 4 members (excludes halogenated alkanes) is 1. The van der Waals surface area contributed by atoms with Gasteiger partial charge in [0.05, 0.1) is 5.60 Å². The van der Waals surface area contributed by atoms with Crippen LogP contribution in [0.5, 0.6) is 0 Å². The van der Waals surface area contributed by atoms with Gasteiger partial charge in [-0.05, 0) is 43.9 Å². The average molecular weight is 329 g/mol. The maximum atomic E-state index is 6.37. The van der Waals surface area contributed by atoms with Crippen molar-refractivity contribution in [3.8, 4) is 0 Å². The minimum absolute atomic E-state index is 0.116. The van der Waals surface area contributed by atoms with Crippen molar-refractivity contribution in [2.75, 3.05) is 33.0 Å². The van der Waals surface area contributed by atoms with Gasteiger partial charge in [0.1, 0.15) is 0 Å². The Kier molecular flexibility index (Phi) is 11.2. The third-order valence-corrected chi connectivity index (χ3v) is 5.09. The smallest absolute Gasteiger partial charge is 0.0707 e. The molecule has 0 aromatic rings. The lowest BCUT2D eigenvalue weighted by molar-refractivity contribution is -0.115. The van der Waals surface area contributed by atoms with Crippen LogP contribution in [0.2, 0.25) is 0 Å². The van der Waals surface area contributed by atoms with Crippen LogP contribution < -0.4 is 0 Å². The summed E-state index contributed by atoms with van der Waals surface area (Å²) in [5.74, 6) is 1.40. The molecule has 3 nitrogen and oxygen atoms in total. The second kappa shape index (κ2) is 12.3. The van der Waals surface area contributed by atoms with Gasteiger partial charge in [0.2, 0.25) is 0 Å². The van der Waals surface area contributed by atoms with Crippen LogP contribution in [-0.4, -0.2) is 38.6 Å². The molecule has 0 spiro atoms. The molecule has 2 unspecified atom stereocenters. The van der Waals surface area contributed by atoms with Crippen LogP contribution in [-0.2, 0) is 14.2 Å². The quantitative estimate of drug-likeness (QED) is 0.434. The summed E-state index contributed by atoms with van der Waals surface area (Å²) in [5.41, 5.74) is 0.116. The van der Waals surface area contributed by atoms with Crippen LogP contribution >= 0.6 is 0 Å². The third kappa shape index (κ3) is 8.51. The molecule has 0 aromatic carbocycles. The molecule has 1 aliphatic rings. The third-order valence-electron chi connectivity index (χ3n) is 5.09. The molecule has 0 heterocycles. The minimum Gasteiger partial charge on any atom is -0.381 e. The van der Waals surface area contributed by atoms with Crippen molar-refractivity contribution in [3.05, 3.63) is 0 Å². The molecule has 0 radical (unpaired) electrons. The maximum absolute atomic E-state index is 6.37. The summed E-state index contributed by atoms with van der Waals surface area (Å²) in [4.78, 5) is 0. The second-order valence-corrected chi connectivity index (χ2v) is 7.55. The molecule has 1 rings (SSSR count). The Bertz CT molecular complexity index is 280. The number of hydrogen-bond donors (Lipinski definition) is 0. The molecule has 1 saturated carbocycles. The van der Waals surface area contributed by atoms with Gasteiger partial charge in [-0.3, -0.25) is 0 Å². The molecule has 0 saturated heterocycles.